The monoisotopic (exact) mass is 403 g/mol. The Morgan fingerprint density at radius 1 is 1.30 bits per heavy atom. The minimum atomic E-state index is 0.206. The van der Waals surface area contributed by atoms with E-state index >= 15 is 0 Å². The molecule has 0 fully saturated rings. The molecule has 0 saturated carbocycles. The Balaban J connectivity index is 2.58. The van der Waals surface area contributed by atoms with Gasteiger partial charge >= 0.3 is 0 Å². The average molecular weight is 405 g/mol. The van der Waals surface area contributed by atoms with E-state index in [1.165, 1.54) is 0 Å². The Morgan fingerprint density at radius 3 is 2.55 bits per heavy atom. The van der Waals surface area contributed by atoms with Crippen molar-refractivity contribution in [3.05, 3.63) is 26.8 Å². The van der Waals surface area contributed by atoms with Crippen molar-refractivity contribution in [1.29, 1.82) is 0 Å². The van der Waals surface area contributed by atoms with Crippen LogP contribution in [-0.2, 0) is 0 Å². The van der Waals surface area contributed by atoms with E-state index in [1.807, 2.05) is 6.07 Å². The fourth-order valence-corrected chi connectivity index (χ4v) is 3.39. The molecule has 20 heavy (non-hydrogen) atoms. The maximum Gasteiger partial charge on any atom is 0.149 e. The highest BCUT2D eigenvalue weighted by Gasteiger charge is 2.22. The van der Waals surface area contributed by atoms with Crippen molar-refractivity contribution in [2.24, 2.45) is 5.92 Å². The first-order valence-corrected chi connectivity index (χ1v) is 8.27. The van der Waals surface area contributed by atoms with Gasteiger partial charge in [-0.1, -0.05) is 20.8 Å². The number of fused-ring (bicyclic) bond motifs is 1. The molecule has 1 heterocycles. The fraction of sp³-hybridized carbons (Fsp3) is 0.467. The van der Waals surface area contributed by atoms with Crippen LogP contribution in [0.3, 0.4) is 0 Å². The van der Waals surface area contributed by atoms with Crippen LogP contribution in [0.1, 0.15) is 32.6 Å². The molecule has 0 saturated heterocycles. The summed E-state index contributed by atoms with van der Waals surface area (Å²) in [5.41, 5.74) is 0.844. The van der Waals surface area contributed by atoms with E-state index in [4.69, 9.17) is 9.15 Å². The molecule has 1 N–H and O–H groups in total. The molecule has 0 bridgehead atoms. The first kappa shape index (κ1) is 15.9. The van der Waals surface area contributed by atoms with E-state index < -0.39 is 0 Å². The molecule has 0 amide bonds. The van der Waals surface area contributed by atoms with Crippen LogP contribution in [0, 0.1) is 5.92 Å². The number of methoxy groups -OCH3 is 1. The van der Waals surface area contributed by atoms with Gasteiger partial charge in [-0.3, -0.25) is 0 Å². The van der Waals surface area contributed by atoms with E-state index in [-0.39, 0.29) is 6.04 Å². The van der Waals surface area contributed by atoms with Gasteiger partial charge in [-0.25, -0.2) is 0 Å². The quantitative estimate of drug-likeness (QED) is 0.736. The Bertz CT molecular complexity index is 607. The third kappa shape index (κ3) is 2.90. The van der Waals surface area contributed by atoms with E-state index in [0.29, 0.717) is 5.92 Å². The van der Waals surface area contributed by atoms with E-state index in [9.17, 15) is 0 Å². The van der Waals surface area contributed by atoms with Crippen molar-refractivity contribution in [3.63, 3.8) is 0 Å². The van der Waals surface area contributed by atoms with Gasteiger partial charge in [0.2, 0.25) is 0 Å². The number of nitrogens with one attached hydrogen (secondary N) is 1. The van der Waals surface area contributed by atoms with Gasteiger partial charge in [-0.05, 0) is 56.5 Å². The largest absolute Gasteiger partial charge is 0.496 e. The molecule has 1 atom stereocenters. The Kier molecular flexibility index (Phi) is 5.15. The molecule has 0 aliphatic heterocycles. The zero-order valence-corrected chi connectivity index (χ0v) is 15.3. The highest BCUT2D eigenvalue weighted by Crippen LogP contribution is 2.41. The highest BCUT2D eigenvalue weighted by molar-refractivity contribution is 9.11. The van der Waals surface area contributed by atoms with Crippen LogP contribution in [0.25, 0.3) is 11.0 Å². The Labute approximate surface area is 136 Å². The summed E-state index contributed by atoms with van der Waals surface area (Å²) in [5.74, 6) is 2.20. The number of hydrogen-bond acceptors (Lipinski definition) is 3. The van der Waals surface area contributed by atoms with Gasteiger partial charge in [0, 0.05) is 5.39 Å². The molecule has 0 aliphatic rings. The molecule has 0 radical (unpaired) electrons. The fourth-order valence-electron chi connectivity index (χ4n) is 2.31. The third-order valence-corrected chi connectivity index (χ3v) is 4.70. The standard InChI is InChI=1S/C15H19Br2NO2/c1-5-18-14(8(2)3)12-6-9-13(17)11(19-4)7-10(16)15(9)20-12/h6-8,14,18H,5H2,1-4H3. The number of benzene rings is 1. The maximum absolute atomic E-state index is 6.06. The predicted molar refractivity (Wildman–Crippen MR) is 89.4 cm³/mol. The summed E-state index contributed by atoms with van der Waals surface area (Å²) < 4.78 is 13.2. The van der Waals surface area contributed by atoms with Gasteiger partial charge < -0.3 is 14.5 Å². The van der Waals surface area contributed by atoms with E-state index in [1.54, 1.807) is 7.11 Å². The second-order valence-corrected chi connectivity index (χ2v) is 6.69. The minimum absolute atomic E-state index is 0.206. The second kappa shape index (κ2) is 6.50. The van der Waals surface area contributed by atoms with Crippen LogP contribution in [0.5, 0.6) is 5.75 Å². The number of furan rings is 1. The van der Waals surface area contributed by atoms with Crippen molar-refractivity contribution in [2.45, 2.75) is 26.8 Å². The molecule has 3 nitrogen and oxygen atoms in total. The maximum atomic E-state index is 6.06. The zero-order valence-electron chi connectivity index (χ0n) is 12.1. The Hall–Kier alpha value is -0.520. The SMILES string of the molecule is CCNC(c1cc2c(Br)c(OC)cc(Br)c2o1)C(C)C. The molecule has 2 aromatic rings. The first-order chi connectivity index (χ1) is 9.49. The number of halogens is 2. The van der Waals surface area contributed by atoms with Crippen LogP contribution in [-0.4, -0.2) is 13.7 Å². The lowest BCUT2D eigenvalue weighted by Gasteiger charge is -2.19. The summed E-state index contributed by atoms with van der Waals surface area (Å²) in [6, 6.07) is 4.20. The lowest BCUT2D eigenvalue weighted by molar-refractivity contribution is 0.356. The molecule has 1 aromatic heterocycles. The van der Waals surface area contributed by atoms with Gasteiger partial charge in [0.15, 0.2) is 0 Å². The van der Waals surface area contributed by atoms with Crippen LogP contribution in [0.15, 0.2) is 25.5 Å². The summed E-state index contributed by atoms with van der Waals surface area (Å²) >= 11 is 7.13. The smallest absolute Gasteiger partial charge is 0.149 e. The highest BCUT2D eigenvalue weighted by atomic mass is 79.9. The topological polar surface area (TPSA) is 34.4 Å². The third-order valence-electron chi connectivity index (χ3n) is 3.30. The van der Waals surface area contributed by atoms with Crippen molar-refractivity contribution in [3.8, 4) is 5.75 Å². The molecule has 0 spiro atoms. The van der Waals surface area contributed by atoms with Crippen molar-refractivity contribution < 1.29 is 9.15 Å². The van der Waals surface area contributed by atoms with Crippen molar-refractivity contribution >= 4 is 42.8 Å². The summed E-state index contributed by atoms with van der Waals surface area (Å²) in [6.45, 7) is 7.38. The number of rotatable bonds is 5. The second-order valence-electron chi connectivity index (χ2n) is 5.05. The minimum Gasteiger partial charge on any atom is -0.496 e. The lowest BCUT2D eigenvalue weighted by atomic mass is 10.0. The average Bonchev–Trinajstić information content (AvgIpc) is 2.85. The van der Waals surface area contributed by atoms with Gasteiger partial charge in [0.1, 0.15) is 17.1 Å². The van der Waals surface area contributed by atoms with Crippen LogP contribution in [0.4, 0.5) is 0 Å². The van der Waals surface area contributed by atoms with Gasteiger partial charge in [-0.15, -0.1) is 0 Å². The lowest BCUT2D eigenvalue weighted by Crippen LogP contribution is -2.24. The van der Waals surface area contributed by atoms with Gasteiger partial charge in [0.25, 0.3) is 0 Å². The van der Waals surface area contributed by atoms with E-state index in [0.717, 1.165) is 38.0 Å². The zero-order chi connectivity index (χ0) is 14.9. The summed E-state index contributed by atoms with van der Waals surface area (Å²) in [7, 11) is 1.66. The summed E-state index contributed by atoms with van der Waals surface area (Å²) in [6.07, 6.45) is 0. The number of ether oxygens (including phenoxy) is 1. The van der Waals surface area contributed by atoms with Crippen LogP contribution < -0.4 is 10.1 Å². The van der Waals surface area contributed by atoms with Crippen molar-refractivity contribution in [1.82, 2.24) is 5.32 Å². The van der Waals surface area contributed by atoms with Crippen LogP contribution >= 0.6 is 31.9 Å². The molecule has 110 valence electrons. The van der Waals surface area contributed by atoms with Gasteiger partial charge in [0.05, 0.1) is 22.1 Å². The van der Waals surface area contributed by atoms with Crippen LogP contribution in [0.2, 0.25) is 0 Å². The molecule has 1 aromatic carbocycles. The molecule has 1 unspecified atom stereocenters. The van der Waals surface area contributed by atoms with E-state index in [2.05, 4.69) is 64.0 Å². The first-order valence-electron chi connectivity index (χ1n) is 6.68. The number of hydrogen-bond donors (Lipinski definition) is 1. The molecular weight excluding hydrogens is 386 g/mol. The summed E-state index contributed by atoms with van der Waals surface area (Å²) in [5, 5.41) is 4.49. The Morgan fingerprint density at radius 2 is 2.00 bits per heavy atom. The molecular formula is C15H19Br2NO2. The molecule has 2 rings (SSSR count). The predicted octanol–water partition coefficient (Wildman–Crippen LogP) is 5.27. The summed E-state index contributed by atoms with van der Waals surface area (Å²) in [4.78, 5) is 0. The van der Waals surface area contributed by atoms with Crippen molar-refractivity contribution in [2.75, 3.05) is 13.7 Å². The van der Waals surface area contributed by atoms with Gasteiger partial charge in [-0.2, -0.15) is 0 Å². The normalized spacial score (nSPS) is 13.2. The molecule has 0 aliphatic carbocycles. The molecule has 5 heteroatoms.